The predicted molar refractivity (Wildman–Crippen MR) is 156 cm³/mol. The van der Waals surface area contributed by atoms with Crippen molar-refractivity contribution in [3.05, 3.63) is 53.6 Å². The van der Waals surface area contributed by atoms with E-state index in [-0.39, 0.29) is 35.8 Å². The fraction of sp³-hybridized carbons (Fsp3) is 0.533. The summed E-state index contributed by atoms with van der Waals surface area (Å²) in [4.78, 5) is 40.3. The Balaban J connectivity index is 1.47. The number of piperidine rings is 1. The molecule has 0 radical (unpaired) electrons. The van der Waals surface area contributed by atoms with E-state index in [1.54, 1.807) is 12.0 Å². The first kappa shape index (κ1) is 28.8. The van der Waals surface area contributed by atoms with Gasteiger partial charge < -0.3 is 34.9 Å². The summed E-state index contributed by atoms with van der Waals surface area (Å²) in [6.07, 6.45) is 1.76. The van der Waals surface area contributed by atoms with Crippen molar-refractivity contribution in [1.82, 2.24) is 5.32 Å². The molecule has 9 nitrogen and oxygen atoms in total. The van der Waals surface area contributed by atoms with Crippen molar-refractivity contribution in [2.45, 2.75) is 63.1 Å². The molecule has 40 heavy (non-hydrogen) atoms. The third-order valence-corrected chi connectivity index (χ3v) is 11.3. The third kappa shape index (κ3) is 5.07. The van der Waals surface area contributed by atoms with Crippen molar-refractivity contribution in [2.24, 2.45) is 11.8 Å². The zero-order valence-corrected chi connectivity index (χ0v) is 24.8. The quantitative estimate of drug-likeness (QED) is 0.361. The Morgan fingerprint density at radius 3 is 2.75 bits per heavy atom. The number of hydrogen-bond donors (Lipinski definition) is 4. The van der Waals surface area contributed by atoms with E-state index in [4.69, 9.17) is 9.47 Å². The van der Waals surface area contributed by atoms with Gasteiger partial charge in [0.25, 0.3) is 5.91 Å². The average Bonchev–Trinajstić information content (AvgIpc) is 3.36. The molecule has 2 aromatic rings. The topological polar surface area (TPSA) is 120 Å². The van der Waals surface area contributed by atoms with Crippen LogP contribution in [0.25, 0.3) is 0 Å². The van der Waals surface area contributed by atoms with Gasteiger partial charge in [0.2, 0.25) is 5.91 Å². The summed E-state index contributed by atoms with van der Waals surface area (Å²) < 4.78 is 12.2. The van der Waals surface area contributed by atoms with Crippen molar-refractivity contribution < 1.29 is 29.0 Å². The fourth-order valence-electron chi connectivity index (χ4n) is 6.99. The van der Waals surface area contributed by atoms with Crippen LogP contribution in [0.4, 0.5) is 11.4 Å². The molecule has 0 aromatic heterocycles. The Bertz CT molecular complexity index is 1260. The van der Waals surface area contributed by atoms with Gasteiger partial charge in [0.15, 0.2) is 13.9 Å². The summed E-state index contributed by atoms with van der Waals surface area (Å²) in [5.74, 6) is 0.0685. The van der Waals surface area contributed by atoms with E-state index >= 15 is 0 Å². The largest absolute Gasteiger partial charge is 0.497 e. The van der Waals surface area contributed by atoms with E-state index in [2.05, 4.69) is 10.6 Å². The molecule has 5 rings (SSSR count). The summed E-state index contributed by atoms with van der Waals surface area (Å²) >= 11 is 0. The normalized spacial score (nSPS) is 28.1. The highest BCUT2D eigenvalue weighted by Crippen LogP contribution is 2.60. The maximum atomic E-state index is 14.4. The molecule has 3 aliphatic rings. The summed E-state index contributed by atoms with van der Waals surface area (Å²) in [6, 6.07) is 13.2. The van der Waals surface area contributed by atoms with E-state index in [0.29, 0.717) is 30.9 Å². The van der Waals surface area contributed by atoms with Gasteiger partial charge in [-0.15, -0.1) is 0 Å². The molecule has 0 bridgehead atoms. The Morgan fingerprint density at radius 2 is 2.08 bits per heavy atom. The molecule has 4 N–H and O–H groups in total. The Morgan fingerprint density at radius 1 is 1.27 bits per heavy atom. The molecular weight excluding hydrogens is 526 g/mol. The number of anilines is 2. The van der Waals surface area contributed by atoms with Crippen molar-refractivity contribution in [1.29, 1.82) is 0 Å². The first-order valence-electron chi connectivity index (χ1n) is 14.2. The number of carbonyl (C=O) groups is 2. The summed E-state index contributed by atoms with van der Waals surface area (Å²) in [5, 5.41) is 16.1. The van der Waals surface area contributed by atoms with Crippen LogP contribution in [0.5, 0.6) is 5.75 Å². The molecule has 10 heteroatoms. The minimum absolute atomic E-state index is 0.00271. The standard InChI is InChI=1S/C30H41N3O6Si/c1-19-27(40(3,4)37)26(12-14-34)39-30(19)24-16-23(38-2)10-11-25(24)33(29(30)36)18-20-7-5-9-22(15-20)32-28(35)21-8-6-13-31-17-21/h5,7,9-11,15-16,19,21,26-27,31,34,37H,6,8,12-14,17-18H2,1-4H3,(H,32,35)/t19-,21?,26+,27-,30+/m1/s1. The smallest absolute Gasteiger partial charge is 0.264 e. The SMILES string of the molecule is COc1ccc2c(c1)[C@]1(O[C@@H](CCO)[C@H]([Si](C)(C)O)[C@H]1C)C(=O)N2Cc1cccc(NC(=O)C2CCCNC2)c1. The van der Waals surface area contributed by atoms with Crippen LogP contribution in [0.1, 0.15) is 37.3 Å². The van der Waals surface area contributed by atoms with Gasteiger partial charge in [-0.25, -0.2) is 0 Å². The van der Waals surface area contributed by atoms with Crippen molar-refractivity contribution in [3.63, 3.8) is 0 Å². The van der Waals surface area contributed by atoms with Crippen molar-refractivity contribution >= 4 is 31.5 Å². The lowest BCUT2D eigenvalue weighted by Crippen LogP contribution is -2.46. The highest BCUT2D eigenvalue weighted by molar-refractivity contribution is 6.71. The zero-order chi connectivity index (χ0) is 28.7. The summed E-state index contributed by atoms with van der Waals surface area (Å²) in [5.41, 5.74) is 1.50. The molecule has 2 saturated heterocycles. The van der Waals surface area contributed by atoms with Crippen LogP contribution in [0.2, 0.25) is 18.6 Å². The van der Waals surface area contributed by atoms with Gasteiger partial charge in [0, 0.05) is 35.9 Å². The molecule has 2 amide bonds. The number of aliphatic hydroxyl groups is 1. The number of amides is 2. The molecule has 5 atom stereocenters. The minimum Gasteiger partial charge on any atom is -0.497 e. The Kier molecular flexibility index (Phi) is 8.09. The molecule has 0 saturated carbocycles. The number of benzene rings is 2. The number of ether oxygens (including phenoxy) is 2. The number of nitrogens with one attached hydrogen (secondary N) is 2. The number of carbonyl (C=O) groups excluding carboxylic acids is 2. The maximum Gasteiger partial charge on any atom is 0.264 e. The van der Waals surface area contributed by atoms with Crippen molar-refractivity contribution in [3.8, 4) is 5.75 Å². The molecule has 1 spiro atoms. The molecule has 2 aromatic carbocycles. The number of rotatable bonds is 8. The molecular formula is C30H41N3O6Si. The minimum atomic E-state index is -2.77. The van der Waals surface area contributed by atoms with Crippen molar-refractivity contribution in [2.75, 3.05) is 37.0 Å². The lowest BCUT2D eigenvalue weighted by molar-refractivity contribution is -0.146. The van der Waals surface area contributed by atoms with E-state index in [0.717, 1.165) is 36.2 Å². The lowest BCUT2D eigenvalue weighted by Gasteiger charge is -2.32. The second kappa shape index (κ2) is 11.3. The van der Waals surface area contributed by atoms with E-state index in [1.165, 1.54) is 0 Å². The van der Waals surface area contributed by atoms with Gasteiger partial charge in [-0.3, -0.25) is 9.59 Å². The van der Waals surface area contributed by atoms with Gasteiger partial charge >= 0.3 is 0 Å². The fourth-order valence-corrected chi connectivity index (χ4v) is 9.59. The molecule has 216 valence electrons. The lowest BCUT2D eigenvalue weighted by atomic mass is 9.82. The highest BCUT2D eigenvalue weighted by atomic mass is 28.4. The van der Waals surface area contributed by atoms with Crippen LogP contribution in [0.15, 0.2) is 42.5 Å². The van der Waals surface area contributed by atoms with Crippen LogP contribution in [0, 0.1) is 11.8 Å². The highest BCUT2D eigenvalue weighted by Gasteiger charge is 2.66. The van der Waals surface area contributed by atoms with Gasteiger partial charge in [-0.1, -0.05) is 19.1 Å². The third-order valence-electron chi connectivity index (χ3n) is 8.81. The number of nitrogens with zero attached hydrogens (tertiary/aromatic N) is 1. The average molecular weight is 568 g/mol. The molecule has 2 fully saturated rings. The number of fused-ring (bicyclic) bond motifs is 2. The van der Waals surface area contributed by atoms with Crippen LogP contribution in [-0.4, -0.2) is 62.9 Å². The van der Waals surface area contributed by atoms with Crippen LogP contribution >= 0.6 is 0 Å². The number of methoxy groups -OCH3 is 1. The summed E-state index contributed by atoms with van der Waals surface area (Å²) in [7, 11) is -1.18. The van der Waals surface area contributed by atoms with E-state index in [9.17, 15) is 19.5 Å². The van der Waals surface area contributed by atoms with Crippen LogP contribution < -0.4 is 20.3 Å². The van der Waals surface area contributed by atoms with Crippen LogP contribution in [0.3, 0.4) is 0 Å². The molecule has 3 aliphatic heterocycles. The first-order chi connectivity index (χ1) is 19.1. The number of aliphatic hydroxyl groups excluding tert-OH is 1. The number of hydrogen-bond acceptors (Lipinski definition) is 7. The molecule has 1 unspecified atom stereocenters. The molecule has 3 heterocycles. The second-order valence-electron chi connectivity index (χ2n) is 11.9. The second-order valence-corrected chi connectivity index (χ2v) is 15.9. The monoisotopic (exact) mass is 567 g/mol. The van der Waals surface area contributed by atoms with Crippen LogP contribution in [-0.2, 0) is 26.5 Å². The van der Waals surface area contributed by atoms with Gasteiger partial charge in [0.1, 0.15) is 5.75 Å². The first-order valence-corrected chi connectivity index (χ1v) is 17.2. The van der Waals surface area contributed by atoms with Gasteiger partial charge in [0.05, 0.1) is 31.4 Å². The predicted octanol–water partition coefficient (Wildman–Crippen LogP) is 3.36. The Hall–Kier alpha value is -2.76. The summed E-state index contributed by atoms with van der Waals surface area (Å²) in [6.45, 7) is 7.54. The maximum absolute atomic E-state index is 14.4. The molecule has 0 aliphatic carbocycles. The van der Waals surface area contributed by atoms with E-state index in [1.807, 2.05) is 62.5 Å². The van der Waals surface area contributed by atoms with Gasteiger partial charge in [-0.05, 0) is 74.8 Å². The zero-order valence-electron chi connectivity index (χ0n) is 23.8. The Labute approximate surface area is 237 Å². The van der Waals surface area contributed by atoms with E-state index < -0.39 is 20.0 Å². The van der Waals surface area contributed by atoms with Gasteiger partial charge in [-0.2, -0.15) is 0 Å².